The third-order valence-electron chi connectivity index (χ3n) is 3.40. The largest absolute Gasteiger partial charge is 0.378 e. The van der Waals surface area contributed by atoms with E-state index < -0.39 is 5.91 Å². The number of aryl methyl sites for hydroxylation is 1. The Balaban J connectivity index is 1.76. The topological polar surface area (TPSA) is 137 Å². The maximum absolute atomic E-state index is 12.5. The number of nitrogens with zero attached hydrogens (tertiary/aromatic N) is 6. The van der Waals surface area contributed by atoms with Crippen LogP contribution >= 0.6 is 0 Å². The second kappa shape index (κ2) is 7.38. The molecular formula is C16H16N8O2. The number of nitrogen functional groups attached to an aromatic ring is 1. The van der Waals surface area contributed by atoms with E-state index in [4.69, 9.17) is 5.73 Å². The number of hydrazone groups is 1. The van der Waals surface area contributed by atoms with Gasteiger partial charge < -0.3 is 5.73 Å². The van der Waals surface area contributed by atoms with Gasteiger partial charge in [-0.1, -0.05) is 41.6 Å². The van der Waals surface area contributed by atoms with E-state index in [1.165, 1.54) is 0 Å². The average Bonchev–Trinajstić information content (AvgIpc) is 3.24. The van der Waals surface area contributed by atoms with Crippen LogP contribution < -0.4 is 11.2 Å². The number of anilines is 1. The summed E-state index contributed by atoms with van der Waals surface area (Å²) in [4.78, 5) is 12.5. The highest BCUT2D eigenvalue weighted by Crippen LogP contribution is 2.14. The maximum Gasteiger partial charge on any atom is 0.292 e. The van der Waals surface area contributed by atoms with Crippen LogP contribution in [0.1, 0.15) is 28.7 Å². The minimum atomic E-state index is -0.512. The van der Waals surface area contributed by atoms with Gasteiger partial charge in [0.1, 0.15) is 0 Å². The standard InChI is InChI=1S/C16H16N8O2/c1-10(8-9-12-6-4-3-5-7-12)18-20-16(25)13-11(2)19-23-24(13)15-14(17)21-26-22-15/h3-9H,1-2H3,(H2,17,21)(H,20,25)/b9-8-,18-10-. The van der Waals surface area contributed by atoms with Crippen molar-refractivity contribution in [2.75, 3.05) is 5.73 Å². The molecule has 3 rings (SSSR count). The molecule has 1 amide bonds. The first kappa shape index (κ1) is 17.0. The van der Waals surface area contributed by atoms with Crippen LogP contribution in [0.2, 0.25) is 0 Å². The second-order valence-corrected chi connectivity index (χ2v) is 5.35. The Morgan fingerprint density at radius 3 is 2.77 bits per heavy atom. The predicted octanol–water partition coefficient (Wildman–Crippen LogP) is 1.36. The van der Waals surface area contributed by atoms with Gasteiger partial charge in [-0.15, -0.1) is 5.10 Å². The second-order valence-electron chi connectivity index (χ2n) is 5.35. The molecule has 0 aliphatic carbocycles. The third-order valence-corrected chi connectivity index (χ3v) is 3.40. The summed E-state index contributed by atoms with van der Waals surface area (Å²) in [6, 6.07) is 9.75. The van der Waals surface area contributed by atoms with Crippen LogP contribution in [-0.4, -0.2) is 36.9 Å². The molecule has 0 spiro atoms. The van der Waals surface area contributed by atoms with Gasteiger partial charge in [0.2, 0.25) is 11.6 Å². The Morgan fingerprint density at radius 2 is 2.08 bits per heavy atom. The van der Waals surface area contributed by atoms with E-state index >= 15 is 0 Å². The SMILES string of the molecule is CC(/C=C\c1ccccc1)=N/NC(=O)c1c(C)nnn1-c1nonc1N. The summed E-state index contributed by atoms with van der Waals surface area (Å²) >= 11 is 0. The van der Waals surface area contributed by atoms with E-state index in [1.807, 2.05) is 36.4 Å². The van der Waals surface area contributed by atoms with E-state index in [0.29, 0.717) is 11.4 Å². The maximum atomic E-state index is 12.5. The molecule has 2 aromatic heterocycles. The minimum Gasteiger partial charge on any atom is -0.378 e. The van der Waals surface area contributed by atoms with Gasteiger partial charge in [-0.05, 0) is 35.8 Å². The van der Waals surface area contributed by atoms with Crippen LogP contribution in [0.25, 0.3) is 11.9 Å². The van der Waals surface area contributed by atoms with Crippen LogP contribution in [0, 0.1) is 6.92 Å². The number of hydrogen-bond donors (Lipinski definition) is 2. The summed E-state index contributed by atoms with van der Waals surface area (Å²) in [6.07, 6.45) is 3.68. The zero-order valence-electron chi connectivity index (χ0n) is 14.1. The van der Waals surface area contributed by atoms with Crippen molar-refractivity contribution in [3.63, 3.8) is 0 Å². The average molecular weight is 352 g/mol. The molecule has 3 N–H and O–H groups in total. The number of nitrogens with one attached hydrogen (secondary N) is 1. The van der Waals surface area contributed by atoms with Gasteiger partial charge in [0, 0.05) is 0 Å². The number of carbonyl (C=O) groups excluding carboxylic acids is 1. The Kier molecular flexibility index (Phi) is 4.83. The number of rotatable bonds is 5. The van der Waals surface area contributed by atoms with Crippen molar-refractivity contribution in [1.29, 1.82) is 0 Å². The molecule has 0 saturated heterocycles. The summed E-state index contributed by atoms with van der Waals surface area (Å²) in [5.41, 5.74) is 10.3. The number of hydrogen-bond acceptors (Lipinski definition) is 8. The Hall–Kier alpha value is -3.82. The van der Waals surface area contributed by atoms with Crippen molar-refractivity contribution in [2.45, 2.75) is 13.8 Å². The molecule has 0 fully saturated rings. The van der Waals surface area contributed by atoms with Crippen molar-refractivity contribution in [1.82, 2.24) is 30.7 Å². The number of amides is 1. The smallest absolute Gasteiger partial charge is 0.292 e. The molecule has 0 aliphatic rings. The molecule has 0 radical (unpaired) electrons. The number of benzene rings is 1. The summed E-state index contributed by atoms with van der Waals surface area (Å²) < 4.78 is 5.69. The van der Waals surface area contributed by atoms with Crippen LogP contribution in [-0.2, 0) is 0 Å². The molecule has 26 heavy (non-hydrogen) atoms. The van der Waals surface area contributed by atoms with E-state index in [2.05, 4.69) is 35.8 Å². The van der Waals surface area contributed by atoms with Gasteiger partial charge in [0.25, 0.3) is 5.91 Å². The monoisotopic (exact) mass is 352 g/mol. The lowest BCUT2D eigenvalue weighted by atomic mass is 10.2. The van der Waals surface area contributed by atoms with Gasteiger partial charge in [-0.25, -0.2) is 10.1 Å². The highest BCUT2D eigenvalue weighted by atomic mass is 16.6. The first-order chi connectivity index (χ1) is 12.6. The molecule has 3 aromatic rings. The van der Waals surface area contributed by atoms with E-state index in [1.54, 1.807) is 19.9 Å². The first-order valence-electron chi connectivity index (χ1n) is 7.64. The lowest BCUT2D eigenvalue weighted by Crippen LogP contribution is -2.23. The Morgan fingerprint density at radius 1 is 1.31 bits per heavy atom. The minimum absolute atomic E-state index is 0.00516. The van der Waals surface area contributed by atoms with Crippen LogP contribution in [0.3, 0.4) is 0 Å². The van der Waals surface area contributed by atoms with Crippen LogP contribution in [0.5, 0.6) is 0 Å². The van der Waals surface area contributed by atoms with Gasteiger partial charge in [0.15, 0.2) is 5.69 Å². The van der Waals surface area contributed by atoms with Crippen molar-refractivity contribution in [2.24, 2.45) is 5.10 Å². The van der Waals surface area contributed by atoms with Gasteiger partial charge >= 0.3 is 0 Å². The normalized spacial score (nSPS) is 11.8. The van der Waals surface area contributed by atoms with Gasteiger partial charge in [-0.3, -0.25) is 4.79 Å². The molecule has 10 heteroatoms. The molecule has 2 heterocycles. The molecule has 0 atom stereocenters. The lowest BCUT2D eigenvalue weighted by molar-refractivity contribution is 0.0946. The molecule has 132 valence electrons. The van der Waals surface area contributed by atoms with Crippen LogP contribution in [0.4, 0.5) is 5.82 Å². The van der Waals surface area contributed by atoms with Crippen molar-refractivity contribution < 1.29 is 9.42 Å². The van der Waals surface area contributed by atoms with Crippen LogP contribution in [0.15, 0.2) is 46.1 Å². The molecule has 1 aromatic carbocycles. The highest BCUT2D eigenvalue weighted by Gasteiger charge is 2.22. The Bertz CT molecular complexity index is 971. The summed E-state index contributed by atoms with van der Waals surface area (Å²) in [7, 11) is 0. The van der Waals surface area contributed by atoms with E-state index in [0.717, 1.165) is 10.2 Å². The summed E-state index contributed by atoms with van der Waals surface area (Å²) in [5, 5.41) is 18.8. The van der Waals surface area contributed by atoms with Crippen molar-refractivity contribution >= 4 is 23.5 Å². The van der Waals surface area contributed by atoms with Crippen molar-refractivity contribution in [3.05, 3.63) is 53.4 Å². The third kappa shape index (κ3) is 3.64. The summed E-state index contributed by atoms with van der Waals surface area (Å²) in [5.74, 6) is -0.433. The van der Waals surface area contributed by atoms with Gasteiger partial charge in [0.05, 0.1) is 11.4 Å². The zero-order valence-corrected chi connectivity index (χ0v) is 14.1. The fourth-order valence-electron chi connectivity index (χ4n) is 2.11. The quantitative estimate of drug-likeness (QED) is 0.522. The molecule has 0 bridgehead atoms. The van der Waals surface area contributed by atoms with E-state index in [-0.39, 0.29) is 17.3 Å². The lowest BCUT2D eigenvalue weighted by Gasteiger charge is -2.03. The van der Waals surface area contributed by atoms with Crippen molar-refractivity contribution in [3.8, 4) is 5.82 Å². The first-order valence-corrected chi connectivity index (χ1v) is 7.64. The summed E-state index contributed by atoms with van der Waals surface area (Å²) in [6.45, 7) is 3.40. The van der Waals surface area contributed by atoms with E-state index in [9.17, 15) is 4.79 Å². The predicted molar refractivity (Wildman–Crippen MR) is 94.4 cm³/mol. The Labute approximate surface area is 148 Å². The number of allylic oxidation sites excluding steroid dienone is 1. The molecular weight excluding hydrogens is 336 g/mol. The number of aromatic nitrogens is 5. The molecule has 10 nitrogen and oxygen atoms in total. The molecule has 0 saturated carbocycles. The molecule has 0 aliphatic heterocycles. The zero-order chi connectivity index (χ0) is 18.5. The fraction of sp³-hybridized carbons (Fsp3) is 0.125. The number of carbonyl (C=O) groups is 1. The molecule has 0 unspecified atom stereocenters. The highest BCUT2D eigenvalue weighted by molar-refractivity contribution is 5.99. The van der Waals surface area contributed by atoms with Gasteiger partial charge in [-0.2, -0.15) is 9.78 Å². The fourth-order valence-corrected chi connectivity index (χ4v) is 2.11. The number of nitrogens with two attached hydrogens (primary N) is 1.